The van der Waals surface area contributed by atoms with Crippen LogP contribution in [-0.4, -0.2) is 31.6 Å². The van der Waals surface area contributed by atoms with Crippen molar-refractivity contribution < 1.29 is 17.9 Å². The maximum Gasteiger partial charge on any atom is 0.259 e. The predicted octanol–water partition coefficient (Wildman–Crippen LogP) is 5.34. The Labute approximate surface area is 217 Å². The van der Waals surface area contributed by atoms with E-state index in [0.29, 0.717) is 29.9 Å². The second kappa shape index (κ2) is 11.7. The van der Waals surface area contributed by atoms with Gasteiger partial charge in [0.2, 0.25) is 5.95 Å². The van der Waals surface area contributed by atoms with E-state index >= 15 is 0 Å². The number of aryl methyl sites for hydroxylation is 1. The molecular formula is C27H26FN5O3S. The van der Waals surface area contributed by atoms with E-state index in [1.54, 1.807) is 36.2 Å². The standard InChI is InChI=1S/C27H26FN5O3S/c1-18-6-8-19(9-7-18)14-24(34)15-20-10-12-23(13-11-20)33(2)26-25(28)17-29-27(31-26)30-21-4-3-5-22(16-21)32-37(35)36/h3-13,16-17,32H,14-15H2,1-2H3,(H,35,36)(H,29,30,31). The second-order valence-corrected chi connectivity index (χ2v) is 9.23. The van der Waals surface area contributed by atoms with Crippen LogP contribution in [0.3, 0.4) is 0 Å². The van der Waals surface area contributed by atoms with Crippen LogP contribution in [0.5, 0.6) is 0 Å². The maximum atomic E-state index is 14.6. The molecule has 0 spiro atoms. The number of benzene rings is 3. The fraction of sp³-hybridized carbons (Fsp3) is 0.148. The Bertz CT molecular complexity index is 1410. The van der Waals surface area contributed by atoms with Crippen molar-refractivity contribution in [1.82, 2.24) is 9.97 Å². The minimum atomic E-state index is -2.21. The van der Waals surface area contributed by atoms with Crippen LogP contribution in [-0.2, 0) is 28.9 Å². The number of anilines is 5. The van der Waals surface area contributed by atoms with Crippen molar-refractivity contribution in [2.75, 3.05) is 22.0 Å². The summed E-state index contributed by atoms with van der Waals surface area (Å²) in [5.41, 5.74) is 4.68. The van der Waals surface area contributed by atoms with Crippen molar-refractivity contribution in [2.24, 2.45) is 0 Å². The molecule has 37 heavy (non-hydrogen) atoms. The van der Waals surface area contributed by atoms with Crippen LogP contribution in [0.15, 0.2) is 79.0 Å². The Morgan fingerprint density at radius 1 is 1.00 bits per heavy atom. The van der Waals surface area contributed by atoms with E-state index < -0.39 is 17.1 Å². The van der Waals surface area contributed by atoms with Gasteiger partial charge in [-0.15, -0.1) is 0 Å². The summed E-state index contributed by atoms with van der Waals surface area (Å²) in [4.78, 5) is 22.4. The SMILES string of the molecule is Cc1ccc(CC(=O)Cc2ccc(N(C)c3nc(Nc4cccc(NS(=O)O)c4)ncc3F)cc2)cc1. The van der Waals surface area contributed by atoms with Gasteiger partial charge in [0.05, 0.1) is 11.9 Å². The number of halogens is 1. The lowest BCUT2D eigenvalue weighted by molar-refractivity contribution is -0.117. The van der Waals surface area contributed by atoms with E-state index in [-0.39, 0.29) is 17.5 Å². The number of ketones is 1. The minimum Gasteiger partial charge on any atom is -0.327 e. The van der Waals surface area contributed by atoms with Crippen molar-refractivity contribution in [3.8, 4) is 0 Å². The van der Waals surface area contributed by atoms with Gasteiger partial charge in [0.15, 0.2) is 11.6 Å². The van der Waals surface area contributed by atoms with Crippen LogP contribution < -0.4 is 14.9 Å². The summed E-state index contributed by atoms with van der Waals surface area (Å²) in [5, 5.41) is 2.97. The van der Waals surface area contributed by atoms with E-state index in [2.05, 4.69) is 20.0 Å². The van der Waals surface area contributed by atoms with E-state index in [4.69, 9.17) is 4.55 Å². The third kappa shape index (κ3) is 7.18. The number of hydrogen-bond donors (Lipinski definition) is 3. The number of carbonyl (C=O) groups excluding carboxylic acids is 1. The average Bonchev–Trinajstić information content (AvgIpc) is 2.86. The summed E-state index contributed by atoms with van der Waals surface area (Å²) in [6.45, 7) is 2.01. The van der Waals surface area contributed by atoms with Gasteiger partial charge in [-0.3, -0.25) is 14.1 Å². The fourth-order valence-electron chi connectivity index (χ4n) is 3.73. The molecule has 190 valence electrons. The first kappa shape index (κ1) is 25.9. The first-order chi connectivity index (χ1) is 17.8. The summed E-state index contributed by atoms with van der Waals surface area (Å²) >= 11 is -2.21. The van der Waals surface area contributed by atoms with Crippen LogP contribution in [0, 0.1) is 12.7 Å². The molecule has 0 amide bonds. The van der Waals surface area contributed by atoms with Gasteiger partial charge in [0.1, 0.15) is 5.78 Å². The molecule has 0 saturated heterocycles. The summed E-state index contributed by atoms with van der Waals surface area (Å²) in [6, 6.07) is 21.9. The highest BCUT2D eigenvalue weighted by Gasteiger charge is 2.14. The van der Waals surface area contributed by atoms with Crippen molar-refractivity contribution in [2.45, 2.75) is 19.8 Å². The molecule has 0 aliphatic carbocycles. The first-order valence-corrected chi connectivity index (χ1v) is 12.5. The quantitative estimate of drug-likeness (QED) is 0.243. The van der Waals surface area contributed by atoms with E-state index in [0.717, 1.165) is 22.9 Å². The van der Waals surface area contributed by atoms with Gasteiger partial charge >= 0.3 is 0 Å². The molecule has 4 rings (SSSR count). The van der Waals surface area contributed by atoms with Gasteiger partial charge in [-0.2, -0.15) is 4.98 Å². The van der Waals surface area contributed by atoms with Gasteiger partial charge in [0.25, 0.3) is 11.3 Å². The Morgan fingerprint density at radius 2 is 1.62 bits per heavy atom. The van der Waals surface area contributed by atoms with Gasteiger partial charge < -0.3 is 10.2 Å². The van der Waals surface area contributed by atoms with Crippen molar-refractivity contribution in [3.05, 3.63) is 102 Å². The zero-order valence-corrected chi connectivity index (χ0v) is 21.1. The number of nitrogens with zero attached hydrogens (tertiary/aromatic N) is 3. The highest BCUT2D eigenvalue weighted by atomic mass is 32.2. The largest absolute Gasteiger partial charge is 0.327 e. The summed E-state index contributed by atoms with van der Waals surface area (Å²) in [6.07, 6.45) is 1.76. The van der Waals surface area contributed by atoms with Crippen molar-refractivity contribution >= 4 is 45.9 Å². The third-order valence-electron chi connectivity index (χ3n) is 5.61. The zero-order chi connectivity index (χ0) is 26.4. The molecule has 3 aromatic carbocycles. The molecule has 1 atom stereocenters. The molecule has 4 aromatic rings. The molecule has 8 nitrogen and oxygen atoms in total. The van der Waals surface area contributed by atoms with Crippen LogP contribution in [0.25, 0.3) is 0 Å². The zero-order valence-electron chi connectivity index (χ0n) is 20.3. The lowest BCUT2D eigenvalue weighted by Crippen LogP contribution is -2.15. The minimum absolute atomic E-state index is 0.0615. The molecule has 0 radical (unpaired) electrons. The van der Waals surface area contributed by atoms with Crippen LogP contribution in [0.4, 0.5) is 33.2 Å². The number of carbonyl (C=O) groups is 1. The van der Waals surface area contributed by atoms with Crippen LogP contribution in [0.1, 0.15) is 16.7 Å². The fourth-order valence-corrected chi connectivity index (χ4v) is 4.06. The normalized spacial score (nSPS) is 11.6. The molecule has 1 unspecified atom stereocenters. The molecule has 0 fully saturated rings. The molecular weight excluding hydrogens is 493 g/mol. The van der Waals surface area contributed by atoms with Gasteiger partial charge in [0, 0.05) is 31.3 Å². The highest BCUT2D eigenvalue weighted by molar-refractivity contribution is 7.80. The number of aromatic nitrogens is 2. The Balaban J connectivity index is 1.43. The third-order valence-corrected chi connectivity index (χ3v) is 6.02. The lowest BCUT2D eigenvalue weighted by Gasteiger charge is -2.20. The molecule has 0 saturated carbocycles. The summed E-state index contributed by atoms with van der Waals surface area (Å²) in [5.74, 6) is -0.265. The molecule has 1 aromatic heterocycles. The first-order valence-electron chi connectivity index (χ1n) is 11.4. The second-order valence-electron chi connectivity index (χ2n) is 8.53. The number of nitrogens with one attached hydrogen (secondary N) is 2. The van der Waals surface area contributed by atoms with Crippen molar-refractivity contribution in [1.29, 1.82) is 0 Å². The van der Waals surface area contributed by atoms with E-state index in [9.17, 15) is 13.4 Å². The lowest BCUT2D eigenvalue weighted by atomic mass is 10.0. The topological polar surface area (TPSA) is 107 Å². The molecule has 0 bridgehead atoms. The highest BCUT2D eigenvalue weighted by Crippen LogP contribution is 2.27. The number of rotatable bonds is 10. The number of hydrogen-bond acceptors (Lipinski definition) is 6. The molecule has 0 aliphatic rings. The van der Waals surface area contributed by atoms with Crippen LogP contribution in [0.2, 0.25) is 0 Å². The van der Waals surface area contributed by atoms with Crippen LogP contribution >= 0.6 is 0 Å². The van der Waals surface area contributed by atoms with Gasteiger partial charge in [-0.05, 0) is 48.4 Å². The maximum absolute atomic E-state index is 14.6. The van der Waals surface area contributed by atoms with Gasteiger partial charge in [-0.1, -0.05) is 48.0 Å². The van der Waals surface area contributed by atoms with E-state index in [1.165, 1.54) is 0 Å². The van der Waals surface area contributed by atoms with Crippen molar-refractivity contribution in [3.63, 3.8) is 0 Å². The molecule has 10 heteroatoms. The monoisotopic (exact) mass is 519 g/mol. The molecule has 0 aliphatic heterocycles. The smallest absolute Gasteiger partial charge is 0.259 e. The number of Topliss-reactive ketones (excluding diaryl/α,β-unsaturated/α-hetero) is 1. The molecule has 1 heterocycles. The Morgan fingerprint density at radius 3 is 2.27 bits per heavy atom. The summed E-state index contributed by atoms with van der Waals surface area (Å²) < 4.78 is 37.0. The Hall–Kier alpha value is -4.15. The molecule has 3 N–H and O–H groups in total. The van der Waals surface area contributed by atoms with Gasteiger partial charge in [-0.25, -0.2) is 13.6 Å². The van der Waals surface area contributed by atoms with E-state index in [1.807, 2.05) is 55.5 Å². The Kier molecular flexibility index (Phi) is 8.22. The summed E-state index contributed by atoms with van der Waals surface area (Å²) in [7, 11) is 1.69. The average molecular weight is 520 g/mol. The predicted molar refractivity (Wildman–Crippen MR) is 144 cm³/mol.